The molecular weight excluding hydrogens is 264 g/mol. The number of aromatic nitrogens is 2. The lowest BCUT2D eigenvalue weighted by molar-refractivity contribution is 0.0383. The second-order valence-corrected chi connectivity index (χ2v) is 5.90. The van der Waals surface area contributed by atoms with Gasteiger partial charge in [0.2, 0.25) is 0 Å². The summed E-state index contributed by atoms with van der Waals surface area (Å²) in [6.45, 7) is 3.77. The van der Waals surface area contributed by atoms with Crippen molar-refractivity contribution in [1.82, 2.24) is 14.7 Å². The average Bonchev–Trinajstić information content (AvgIpc) is 2.92. The standard InChI is InChI=1S/C13H23ClN4O/c1-9-4-5-11(19-9)12(15)13-10(14)8-16-18(13)7-6-17(2)3/h8-9,11-12H,4-7,15H2,1-3H3. The molecule has 1 fully saturated rings. The van der Waals surface area contributed by atoms with Gasteiger partial charge >= 0.3 is 0 Å². The maximum atomic E-state index is 6.33. The zero-order valence-corrected chi connectivity index (χ0v) is 12.6. The Labute approximate surface area is 119 Å². The third-order valence-electron chi connectivity index (χ3n) is 3.57. The maximum absolute atomic E-state index is 6.33. The molecule has 1 aromatic heterocycles. The van der Waals surface area contributed by atoms with Crippen molar-refractivity contribution < 1.29 is 4.74 Å². The van der Waals surface area contributed by atoms with Crippen molar-refractivity contribution in [1.29, 1.82) is 0 Å². The van der Waals surface area contributed by atoms with Crippen LogP contribution in [-0.4, -0.2) is 47.5 Å². The lowest BCUT2D eigenvalue weighted by Gasteiger charge is -2.21. The third kappa shape index (κ3) is 3.48. The second-order valence-electron chi connectivity index (χ2n) is 5.49. The summed E-state index contributed by atoms with van der Waals surface area (Å²) < 4.78 is 7.75. The molecule has 0 spiro atoms. The fourth-order valence-corrected chi connectivity index (χ4v) is 2.72. The maximum Gasteiger partial charge on any atom is 0.0835 e. The van der Waals surface area contributed by atoms with Gasteiger partial charge in [0.25, 0.3) is 0 Å². The highest BCUT2D eigenvalue weighted by Crippen LogP contribution is 2.31. The van der Waals surface area contributed by atoms with Crippen molar-refractivity contribution in [3.8, 4) is 0 Å². The van der Waals surface area contributed by atoms with Crippen LogP contribution in [0.2, 0.25) is 5.02 Å². The lowest BCUT2D eigenvalue weighted by atomic mass is 10.1. The van der Waals surface area contributed by atoms with E-state index in [-0.39, 0.29) is 18.2 Å². The summed E-state index contributed by atoms with van der Waals surface area (Å²) in [6.07, 6.45) is 4.04. The molecule has 3 atom stereocenters. The van der Waals surface area contributed by atoms with Crippen molar-refractivity contribution in [2.45, 2.75) is 44.6 Å². The van der Waals surface area contributed by atoms with Crippen LogP contribution in [0.25, 0.3) is 0 Å². The van der Waals surface area contributed by atoms with Gasteiger partial charge in [0.05, 0.1) is 41.7 Å². The minimum Gasteiger partial charge on any atom is -0.373 e. The van der Waals surface area contributed by atoms with Crippen LogP contribution in [0.3, 0.4) is 0 Å². The highest BCUT2D eigenvalue weighted by Gasteiger charge is 2.31. The molecule has 2 heterocycles. The normalized spacial score (nSPS) is 25.2. The molecule has 0 aromatic carbocycles. The summed E-state index contributed by atoms with van der Waals surface area (Å²) >= 11 is 6.24. The van der Waals surface area contributed by atoms with Gasteiger partial charge in [-0.3, -0.25) is 4.68 Å². The fourth-order valence-electron chi connectivity index (χ4n) is 2.45. The van der Waals surface area contributed by atoms with Crippen LogP contribution in [0, 0.1) is 0 Å². The number of hydrogen-bond donors (Lipinski definition) is 1. The molecule has 108 valence electrons. The minimum atomic E-state index is -0.206. The van der Waals surface area contributed by atoms with E-state index in [9.17, 15) is 0 Å². The van der Waals surface area contributed by atoms with Gasteiger partial charge in [-0.25, -0.2) is 0 Å². The molecule has 6 heteroatoms. The van der Waals surface area contributed by atoms with Gasteiger partial charge in [0.1, 0.15) is 0 Å². The average molecular weight is 287 g/mol. The predicted molar refractivity (Wildman–Crippen MR) is 76.3 cm³/mol. The first-order valence-electron chi connectivity index (χ1n) is 6.76. The molecule has 0 aliphatic carbocycles. The Kier molecular flexibility index (Phi) is 4.84. The van der Waals surface area contributed by atoms with Crippen LogP contribution in [0.5, 0.6) is 0 Å². The zero-order valence-electron chi connectivity index (χ0n) is 11.8. The molecule has 1 aliphatic rings. The molecule has 1 saturated heterocycles. The largest absolute Gasteiger partial charge is 0.373 e. The monoisotopic (exact) mass is 286 g/mol. The van der Waals surface area contributed by atoms with Crippen LogP contribution in [-0.2, 0) is 11.3 Å². The van der Waals surface area contributed by atoms with Gasteiger partial charge < -0.3 is 15.4 Å². The number of ether oxygens (including phenoxy) is 1. The van der Waals surface area contributed by atoms with Gasteiger partial charge in [0.15, 0.2) is 0 Å². The lowest BCUT2D eigenvalue weighted by Crippen LogP contribution is -2.30. The molecular formula is C13H23ClN4O. The van der Waals surface area contributed by atoms with E-state index in [1.165, 1.54) is 0 Å². The number of hydrogen-bond acceptors (Lipinski definition) is 4. The summed E-state index contributed by atoms with van der Waals surface area (Å²) in [5.74, 6) is 0. The van der Waals surface area contributed by atoms with Crippen LogP contribution in [0.1, 0.15) is 31.5 Å². The molecule has 19 heavy (non-hydrogen) atoms. The summed E-state index contributed by atoms with van der Waals surface area (Å²) in [4.78, 5) is 2.11. The Morgan fingerprint density at radius 2 is 2.32 bits per heavy atom. The Morgan fingerprint density at radius 3 is 2.89 bits per heavy atom. The SMILES string of the molecule is CC1CCC(C(N)c2c(Cl)cnn2CCN(C)C)O1. The van der Waals surface area contributed by atoms with Crippen LogP contribution in [0.4, 0.5) is 0 Å². The van der Waals surface area contributed by atoms with E-state index in [0.717, 1.165) is 31.6 Å². The molecule has 3 unspecified atom stereocenters. The molecule has 1 aromatic rings. The molecule has 0 amide bonds. The minimum absolute atomic E-state index is 0.0438. The van der Waals surface area contributed by atoms with Crippen molar-refractivity contribution in [2.75, 3.05) is 20.6 Å². The van der Waals surface area contributed by atoms with E-state index in [4.69, 9.17) is 22.1 Å². The second kappa shape index (κ2) is 6.22. The van der Waals surface area contributed by atoms with Crippen molar-refractivity contribution in [2.24, 2.45) is 5.73 Å². The van der Waals surface area contributed by atoms with Crippen molar-refractivity contribution in [3.05, 3.63) is 16.9 Å². The summed E-state index contributed by atoms with van der Waals surface area (Å²) in [5, 5.41) is 4.96. The summed E-state index contributed by atoms with van der Waals surface area (Å²) in [7, 11) is 4.07. The van der Waals surface area contributed by atoms with Crippen molar-refractivity contribution >= 4 is 11.6 Å². The fraction of sp³-hybridized carbons (Fsp3) is 0.769. The molecule has 0 saturated carbocycles. The first kappa shape index (κ1) is 14.8. The molecule has 0 bridgehead atoms. The van der Waals surface area contributed by atoms with E-state index in [0.29, 0.717) is 5.02 Å². The smallest absolute Gasteiger partial charge is 0.0835 e. The Hall–Kier alpha value is -0.620. The molecule has 5 nitrogen and oxygen atoms in total. The first-order chi connectivity index (χ1) is 8.99. The van der Waals surface area contributed by atoms with Gasteiger partial charge in [-0.1, -0.05) is 11.6 Å². The van der Waals surface area contributed by atoms with Crippen LogP contribution >= 0.6 is 11.6 Å². The van der Waals surface area contributed by atoms with Crippen LogP contribution < -0.4 is 5.73 Å². The van der Waals surface area contributed by atoms with E-state index in [1.54, 1.807) is 6.20 Å². The molecule has 2 rings (SSSR count). The molecule has 0 radical (unpaired) electrons. The van der Waals surface area contributed by atoms with Gasteiger partial charge in [-0.15, -0.1) is 0 Å². The van der Waals surface area contributed by atoms with Crippen molar-refractivity contribution in [3.63, 3.8) is 0 Å². The van der Waals surface area contributed by atoms with E-state index < -0.39 is 0 Å². The van der Waals surface area contributed by atoms with E-state index in [2.05, 4.69) is 16.9 Å². The van der Waals surface area contributed by atoms with Crippen LogP contribution in [0.15, 0.2) is 6.20 Å². The summed E-state index contributed by atoms with van der Waals surface area (Å²) in [5.41, 5.74) is 7.22. The topological polar surface area (TPSA) is 56.3 Å². The highest BCUT2D eigenvalue weighted by atomic mass is 35.5. The number of rotatable bonds is 5. The highest BCUT2D eigenvalue weighted by molar-refractivity contribution is 6.31. The van der Waals surface area contributed by atoms with Gasteiger partial charge in [0, 0.05) is 6.54 Å². The number of halogens is 1. The quantitative estimate of drug-likeness (QED) is 0.894. The Balaban J connectivity index is 2.11. The first-order valence-corrected chi connectivity index (χ1v) is 7.13. The van der Waals surface area contributed by atoms with E-state index in [1.807, 2.05) is 18.8 Å². The number of nitrogens with two attached hydrogens (primary N) is 1. The molecule has 2 N–H and O–H groups in total. The molecule has 1 aliphatic heterocycles. The number of nitrogens with zero attached hydrogens (tertiary/aromatic N) is 3. The number of likely N-dealkylation sites (N-methyl/N-ethyl adjacent to an activating group) is 1. The predicted octanol–water partition coefficient (Wildman–Crippen LogP) is 1.67. The zero-order chi connectivity index (χ0) is 14.0. The third-order valence-corrected chi connectivity index (χ3v) is 3.86. The Morgan fingerprint density at radius 1 is 1.58 bits per heavy atom. The Bertz CT molecular complexity index is 421. The van der Waals surface area contributed by atoms with Gasteiger partial charge in [-0.2, -0.15) is 5.10 Å². The van der Waals surface area contributed by atoms with E-state index >= 15 is 0 Å². The van der Waals surface area contributed by atoms with Gasteiger partial charge in [-0.05, 0) is 33.9 Å². The summed E-state index contributed by atoms with van der Waals surface area (Å²) in [6, 6.07) is -0.206.